The van der Waals surface area contributed by atoms with Crippen molar-refractivity contribution in [2.75, 3.05) is 0 Å². The molecule has 0 aliphatic heterocycles. The van der Waals surface area contributed by atoms with E-state index in [-0.39, 0.29) is 23.6 Å². The minimum atomic E-state index is -0.356. The number of nitrogens with zero attached hydrogens (tertiary/aromatic N) is 2. The highest BCUT2D eigenvalue weighted by Gasteiger charge is 2.13. The van der Waals surface area contributed by atoms with Crippen molar-refractivity contribution in [3.63, 3.8) is 0 Å². The second kappa shape index (κ2) is 7.87. The molecule has 0 amide bonds. The molecule has 0 spiro atoms. The molecule has 0 aliphatic carbocycles. The van der Waals surface area contributed by atoms with E-state index in [2.05, 4.69) is 0 Å². The molecule has 146 valence electrons. The first kappa shape index (κ1) is 18.9. The van der Waals surface area contributed by atoms with Gasteiger partial charge in [0, 0.05) is 6.54 Å². The number of hydrogen-bond donors (Lipinski definition) is 0. The first-order valence-electron chi connectivity index (χ1n) is 9.55. The van der Waals surface area contributed by atoms with Crippen molar-refractivity contribution in [2.45, 2.75) is 26.4 Å². The van der Waals surface area contributed by atoms with Crippen LogP contribution in [0.15, 0.2) is 82.4 Å². The molecule has 4 rings (SSSR count). The Morgan fingerprint density at radius 1 is 0.828 bits per heavy atom. The van der Waals surface area contributed by atoms with Crippen LogP contribution in [0.3, 0.4) is 0 Å². The third-order valence-corrected chi connectivity index (χ3v) is 5.11. The summed E-state index contributed by atoms with van der Waals surface area (Å²) in [6.45, 7) is 2.58. The fourth-order valence-electron chi connectivity index (χ4n) is 3.53. The van der Waals surface area contributed by atoms with Crippen LogP contribution >= 0.6 is 0 Å². The Balaban J connectivity index is 1.79. The molecule has 0 bridgehead atoms. The second-order valence-electron chi connectivity index (χ2n) is 7.21. The SMILES string of the molecule is Cc1ccc(Cn2c(=O)n(CCc3cccc(F)c3)c(=O)c3ccccc32)cc1. The Morgan fingerprint density at radius 3 is 2.34 bits per heavy atom. The van der Waals surface area contributed by atoms with Gasteiger partial charge in [-0.25, -0.2) is 9.18 Å². The van der Waals surface area contributed by atoms with Gasteiger partial charge in [0.25, 0.3) is 5.56 Å². The van der Waals surface area contributed by atoms with Crippen LogP contribution < -0.4 is 11.2 Å². The summed E-state index contributed by atoms with van der Waals surface area (Å²) in [4.78, 5) is 26.2. The van der Waals surface area contributed by atoms with E-state index in [9.17, 15) is 14.0 Å². The van der Waals surface area contributed by atoms with Crippen LogP contribution in [0.4, 0.5) is 4.39 Å². The number of rotatable bonds is 5. The Labute approximate surface area is 167 Å². The Kier molecular flexibility index (Phi) is 5.12. The smallest absolute Gasteiger partial charge is 0.289 e. The van der Waals surface area contributed by atoms with Gasteiger partial charge in [0.2, 0.25) is 0 Å². The first-order valence-corrected chi connectivity index (χ1v) is 9.55. The van der Waals surface area contributed by atoms with Crippen LogP contribution in [0, 0.1) is 12.7 Å². The molecule has 0 N–H and O–H groups in total. The molecule has 0 unspecified atom stereocenters. The Hall–Kier alpha value is -3.47. The minimum absolute atomic E-state index is 0.194. The lowest BCUT2D eigenvalue weighted by Gasteiger charge is -2.14. The van der Waals surface area contributed by atoms with E-state index in [0.717, 1.165) is 16.7 Å². The van der Waals surface area contributed by atoms with Crippen molar-refractivity contribution in [1.29, 1.82) is 0 Å². The van der Waals surface area contributed by atoms with E-state index in [1.807, 2.05) is 37.3 Å². The quantitative estimate of drug-likeness (QED) is 0.520. The number of fused-ring (bicyclic) bond motifs is 1. The maximum absolute atomic E-state index is 13.5. The zero-order valence-corrected chi connectivity index (χ0v) is 16.1. The van der Waals surface area contributed by atoms with Gasteiger partial charge in [-0.1, -0.05) is 54.1 Å². The minimum Gasteiger partial charge on any atom is -0.289 e. The van der Waals surface area contributed by atoms with Crippen LogP contribution in [0.2, 0.25) is 0 Å². The zero-order valence-electron chi connectivity index (χ0n) is 16.1. The van der Waals surface area contributed by atoms with Crippen LogP contribution in [-0.4, -0.2) is 9.13 Å². The van der Waals surface area contributed by atoms with Gasteiger partial charge in [-0.15, -0.1) is 0 Å². The second-order valence-corrected chi connectivity index (χ2v) is 7.21. The summed E-state index contributed by atoms with van der Waals surface area (Å²) < 4.78 is 16.3. The fraction of sp³-hybridized carbons (Fsp3) is 0.167. The van der Waals surface area contributed by atoms with Crippen molar-refractivity contribution in [3.8, 4) is 0 Å². The number of hydrogen-bond acceptors (Lipinski definition) is 2. The highest BCUT2D eigenvalue weighted by atomic mass is 19.1. The van der Waals surface area contributed by atoms with E-state index < -0.39 is 0 Å². The standard InChI is InChI=1S/C24H21FN2O2/c1-17-9-11-19(12-10-17)16-27-22-8-3-2-7-21(22)23(28)26(24(27)29)14-13-18-5-4-6-20(25)15-18/h2-12,15H,13-14,16H2,1H3. The van der Waals surface area contributed by atoms with Gasteiger partial charge < -0.3 is 0 Å². The summed E-state index contributed by atoms with van der Waals surface area (Å²) in [6, 6.07) is 21.3. The highest BCUT2D eigenvalue weighted by molar-refractivity contribution is 5.77. The molecule has 1 heterocycles. The zero-order chi connectivity index (χ0) is 20.4. The molecule has 0 radical (unpaired) electrons. The number of aromatic nitrogens is 2. The monoisotopic (exact) mass is 388 g/mol. The maximum Gasteiger partial charge on any atom is 0.331 e. The van der Waals surface area contributed by atoms with Gasteiger partial charge >= 0.3 is 5.69 Å². The molecule has 0 saturated heterocycles. The lowest BCUT2D eigenvalue weighted by atomic mass is 10.1. The number of halogens is 1. The van der Waals surface area contributed by atoms with E-state index >= 15 is 0 Å². The first-order chi connectivity index (χ1) is 14.0. The van der Waals surface area contributed by atoms with Crippen LogP contribution in [0.25, 0.3) is 10.9 Å². The Bertz CT molecular complexity index is 1290. The molecule has 5 heteroatoms. The molecular weight excluding hydrogens is 367 g/mol. The molecule has 29 heavy (non-hydrogen) atoms. The molecule has 0 fully saturated rings. The van der Waals surface area contributed by atoms with Gasteiger partial charge in [0.15, 0.2) is 0 Å². The molecule has 3 aromatic carbocycles. The van der Waals surface area contributed by atoms with E-state index in [4.69, 9.17) is 0 Å². The Morgan fingerprint density at radius 2 is 1.59 bits per heavy atom. The van der Waals surface area contributed by atoms with Crippen LogP contribution in [-0.2, 0) is 19.5 Å². The van der Waals surface area contributed by atoms with Crippen molar-refractivity contribution in [2.24, 2.45) is 0 Å². The highest BCUT2D eigenvalue weighted by Crippen LogP contribution is 2.12. The average Bonchev–Trinajstić information content (AvgIpc) is 2.72. The van der Waals surface area contributed by atoms with Crippen molar-refractivity contribution >= 4 is 10.9 Å². The summed E-state index contributed by atoms with van der Waals surface area (Å²) in [5.74, 6) is -0.329. The third kappa shape index (κ3) is 3.90. The van der Waals surface area contributed by atoms with Gasteiger partial charge in [-0.05, 0) is 48.7 Å². The third-order valence-electron chi connectivity index (χ3n) is 5.11. The lowest BCUT2D eigenvalue weighted by Crippen LogP contribution is -2.40. The average molecular weight is 388 g/mol. The predicted octanol–water partition coefficient (Wildman–Crippen LogP) is 3.90. The maximum atomic E-state index is 13.5. The summed E-state index contributed by atoms with van der Waals surface area (Å²) in [7, 11) is 0. The molecule has 4 aromatic rings. The van der Waals surface area contributed by atoms with Gasteiger partial charge in [-0.2, -0.15) is 0 Å². The largest absolute Gasteiger partial charge is 0.331 e. The summed E-state index contributed by atoms with van der Waals surface area (Å²) in [5, 5.41) is 0.499. The van der Waals surface area contributed by atoms with Gasteiger partial charge in [-0.3, -0.25) is 13.9 Å². The predicted molar refractivity (Wildman–Crippen MR) is 113 cm³/mol. The van der Waals surface area contributed by atoms with E-state index in [1.165, 1.54) is 16.7 Å². The molecular formula is C24H21FN2O2. The van der Waals surface area contributed by atoms with Crippen molar-refractivity contribution < 1.29 is 4.39 Å². The van der Waals surface area contributed by atoms with Crippen molar-refractivity contribution in [1.82, 2.24) is 9.13 Å². The normalized spacial score (nSPS) is 11.1. The fourth-order valence-corrected chi connectivity index (χ4v) is 3.53. The summed E-state index contributed by atoms with van der Waals surface area (Å²) in [5.41, 5.74) is 2.82. The molecule has 1 aromatic heterocycles. The van der Waals surface area contributed by atoms with Crippen LogP contribution in [0.1, 0.15) is 16.7 Å². The van der Waals surface area contributed by atoms with E-state index in [0.29, 0.717) is 23.9 Å². The number of aryl methyl sites for hydroxylation is 2. The van der Waals surface area contributed by atoms with Crippen LogP contribution in [0.5, 0.6) is 0 Å². The van der Waals surface area contributed by atoms with Gasteiger partial charge in [0.1, 0.15) is 5.82 Å². The molecule has 0 atom stereocenters. The summed E-state index contributed by atoms with van der Waals surface area (Å²) >= 11 is 0. The molecule has 0 saturated carbocycles. The molecule has 0 aliphatic rings. The van der Waals surface area contributed by atoms with Gasteiger partial charge in [0.05, 0.1) is 17.4 Å². The molecule has 4 nitrogen and oxygen atoms in total. The van der Waals surface area contributed by atoms with E-state index in [1.54, 1.807) is 34.9 Å². The van der Waals surface area contributed by atoms with Crippen molar-refractivity contribution in [3.05, 3.63) is 116 Å². The number of para-hydroxylation sites is 1. The topological polar surface area (TPSA) is 44.0 Å². The number of benzene rings is 3. The lowest BCUT2D eigenvalue weighted by molar-refractivity contribution is 0.585. The summed E-state index contributed by atoms with van der Waals surface area (Å²) in [6.07, 6.45) is 0.399.